The van der Waals surface area contributed by atoms with E-state index in [2.05, 4.69) is 88.4 Å². The molecule has 0 aliphatic carbocycles. The van der Waals surface area contributed by atoms with Crippen LogP contribution >= 0.6 is 0 Å². The van der Waals surface area contributed by atoms with Crippen molar-refractivity contribution in [1.82, 2.24) is 0 Å². The molecule has 4 rings (SSSR count). The van der Waals surface area contributed by atoms with Gasteiger partial charge in [-0.15, -0.1) is 0 Å². The second kappa shape index (κ2) is 11.7. The lowest BCUT2D eigenvalue weighted by Gasteiger charge is -2.28. The van der Waals surface area contributed by atoms with E-state index in [4.69, 9.17) is 22.9 Å². The zero-order valence-corrected chi connectivity index (χ0v) is 24.1. The molecule has 0 bridgehead atoms. The number of hydrogen-bond acceptors (Lipinski definition) is 4. The summed E-state index contributed by atoms with van der Waals surface area (Å²) in [5.41, 5.74) is 34.1. The third-order valence-corrected chi connectivity index (χ3v) is 7.65. The lowest BCUT2D eigenvalue weighted by atomic mass is 9.77. The van der Waals surface area contributed by atoms with Gasteiger partial charge in [-0.3, -0.25) is 0 Å². The number of rotatable bonds is 9. The van der Waals surface area contributed by atoms with Gasteiger partial charge >= 0.3 is 0 Å². The Morgan fingerprint density at radius 1 is 0.525 bits per heavy atom. The van der Waals surface area contributed by atoms with Crippen LogP contribution in [0.15, 0.2) is 109 Å². The first kappa shape index (κ1) is 28.6. The quantitative estimate of drug-likeness (QED) is 0.164. The molecular weight excluding hydrogens is 488 g/mol. The Balaban J connectivity index is 1.76. The average Bonchev–Trinajstić information content (AvgIpc) is 2.91. The average molecular weight is 531 g/mol. The van der Waals surface area contributed by atoms with Crippen LogP contribution in [0.1, 0.15) is 62.8 Å². The van der Waals surface area contributed by atoms with E-state index >= 15 is 0 Å². The first-order valence-electron chi connectivity index (χ1n) is 13.8. The molecule has 0 saturated heterocycles. The van der Waals surface area contributed by atoms with E-state index in [9.17, 15) is 0 Å². The second-order valence-electron chi connectivity index (χ2n) is 11.9. The predicted molar refractivity (Wildman–Crippen MR) is 175 cm³/mol. The fourth-order valence-electron chi connectivity index (χ4n) is 5.12. The predicted octanol–water partition coefficient (Wildman–Crippen LogP) is 8.22. The summed E-state index contributed by atoms with van der Waals surface area (Å²) in [5, 5.41) is 0. The van der Waals surface area contributed by atoms with Gasteiger partial charge in [0.15, 0.2) is 0 Å². The fourth-order valence-corrected chi connectivity index (χ4v) is 5.12. The van der Waals surface area contributed by atoms with Crippen molar-refractivity contribution < 1.29 is 0 Å². The smallest absolute Gasteiger partial charge is 0.0314 e. The number of nitrogen functional groups attached to an aromatic ring is 4. The third-order valence-electron chi connectivity index (χ3n) is 7.65. The van der Waals surface area contributed by atoms with Crippen LogP contribution in [0.2, 0.25) is 0 Å². The largest absolute Gasteiger partial charge is 0.399 e. The van der Waals surface area contributed by atoms with Crippen LogP contribution < -0.4 is 22.9 Å². The maximum absolute atomic E-state index is 6.05. The van der Waals surface area contributed by atoms with E-state index in [1.165, 1.54) is 27.8 Å². The Morgan fingerprint density at radius 3 is 1.35 bits per heavy atom. The standard InChI is InChI=1S/C36H42N4/c1-35(2,29-11-19-33(39)20-12-29)23-27(25-7-15-31(37)16-8-25)5-6-28(26-9-17-32(38)18-10-26)24-36(3,4)30-13-21-34(40)22-14-30/h5,7-22,24H,6,23,37-40H2,1-4H3. The van der Waals surface area contributed by atoms with Crippen molar-refractivity contribution in [2.24, 2.45) is 0 Å². The van der Waals surface area contributed by atoms with E-state index in [1.54, 1.807) is 0 Å². The SMILES string of the molecule is CC(C)(C=C(CC=C(CC(C)(C)c1ccc(N)cc1)c1ccc(N)cc1)c1ccc(N)cc1)c1ccc(N)cc1. The van der Waals surface area contributed by atoms with Crippen molar-refractivity contribution in [1.29, 1.82) is 0 Å². The van der Waals surface area contributed by atoms with E-state index < -0.39 is 0 Å². The van der Waals surface area contributed by atoms with Gasteiger partial charge in [-0.2, -0.15) is 0 Å². The summed E-state index contributed by atoms with van der Waals surface area (Å²) in [6, 6.07) is 32.7. The van der Waals surface area contributed by atoms with Gasteiger partial charge in [0, 0.05) is 28.2 Å². The third kappa shape index (κ3) is 7.15. The summed E-state index contributed by atoms with van der Waals surface area (Å²) in [6.45, 7) is 9.05. The monoisotopic (exact) mass is 530 g/mol. The molecule has 40 heavy (non-hydrogen) atoms. The molecule has 0 aliphatic rings. The fraction of sp³-hybridized carbons (Fsp3) is 0.222. The van der Waals surface area contributed by atoms with E-state index in [0.717, 1.165) is 41.2 Å². The van der Waals surface area contributed by atoms with Crippen molar-refractivity contribution in [2.45, 2.75) is 51.4 Å². The van der Waals surface area contributed by atoms with Gasteiger partial charge in [0.1, 0.15) is 0 Å². The van der Waals surface area contributed by atoms with Gasteiger partial charge in [-0.05, 0) is 100 Å². The molecule has 0 spiro atoms. The summed E-state index contributed by atoms with van der Waals surface area (Å²) < 4.78 is 0. The number of hydrogen-bond donors (Lipinski definition) is 4. The summed E-state index contributed by atoms with van der Waals surface area (Å²) in [7, 11) is 0. The molecule has 0 heterocycles. The molecule has 4 aromatic rings. The molecule has 0 fully saturated rings. The molecule has 0 saturated carbocycles. The molecule has 0 aliphatic heterocycles. The van der Waals surface area contributed by atoms with Crippen molar-refractivity contribution >= 4 is 33.9 Å². The van der Waals surface area contributed by atoms with Gasteiger partial charge in [-0.25, -0.2) is 0 Å². The van der Waals surface area contributed by atoms with Crippen LogP contribution in [-0.4, -0.2) is 0 Å². The molecule has 4 aromatic carbocycles. The summed E-state index contributed by atoms with van der Waals surface area (Å²) >= 11 is 0. The van der Waals surface area contributed by atoms with Crippen LogP contribution in [0.3, 0.4) is 0 Å². The van der Waals surface area contributed by atoms with Crippen LogP contribution in [0.25, 0.3) is 11.1 Å². The van der Waals surface area contributed by atoms with Crippen LogP contribution in [-0.2, 0) is 10.8 Å². The number of anilines is 4. The van der Waals surface area contributed by atoms with Crippen molar-refractivity contribution in [3.05, 3.63) is 131 Å². The van der Waals surface area contributed by atoms with Gasteiger partial charge in [0.2, 0.25) is 0 Å². The van der Waals surface area contributed by atoms with Crippen molar-refractivity contribution in [3.8, 4) is 0 Å². The molecular formula is C36H42N4. The van der Waals surface area contributed by atoms with Gasteiger partial charge in [0.05, 0.1) is 0 Å². The zero-order valence-electron chi connectivity index (χ0n) is 24.1. The minimum absolute atomic E-state index is 0.102. The highest BCUT2D eigenvalue weighted by Crippen LogP contribution is 2.37. The molecule has 8 N–H and O–H groups in total. The van der Waals surface area contributed by atoms with Gasteiger partial charge in [0.25, 0.3) is 0 Å². The van der Waals surface area contributed by atoms with Gasteiger partial charge < -0.3 is 22.9 Å². The highest BCUT2D eigenvalue weighted by molar-refractivity contribution is 5.74. The van der Waals surface area contributed by atoms with E-state index in [0.29, 0.717) is 0 Å². The highest BCUT2D eigenvalue weighted by atomic mass is 14.5. The van der Waals surface area contributed by atoms with Crippen LogP contribution in [0.5, 0.6) is 0 Å². The zero-order chi connectivity index (χ0) is 28.9. The Hall–Kier alpha value is -4.44. The van der Waals surface area contributed by atoms with Crippen LogP contribution in [0.4, 0.5) is 22.7 Å². The molecule has 206 valence electrons. The topological polar surface area (TPSA) is 104 Å². The normalized spacial score (nSPS) is 12.9. The van der Waals surface area contributed by atoms with E-state index in [1.807, 2.05) is 48.5 Å². The first-order valence-corrected chi connectivity index (χ1v) is 13.8. The minimum Gasteiger partial charge on any atom is -0.399 e. The Kier molecular flexibility index (Phi) is 8.39. The number of allylic oxidation sites excluding steroid dienone is 4. The van der Waals surface area contributed by atoms with Crippen LogP contribution in [0, 0.1) is 0 Å². The van der Waals surface area contributed by atoms with Gasteiger partial charge in [-0.1, -0.05) is 88.4 Å². The Labute approximate surface area is 239 Å². The molecule has 0 atom stereocenters. The highest BCUT2D eigenvalue weighted by Gasteiger charge is 2.24. The molecule has 4 nitrogen and oxygen atoms in total. The minimum atomic E-state index is -0.205. The Bertz CT molecular complexity index is 1470. The molecule has 0 unspecified atom stereocenters. The van der Waals surface area contributed by atoms with Crippen molar-refractivity contribution in [3.63, 3.8) is 0 Å². The van der Waals surface area contributed by atoms with Crippen molar-refractivity contribution in [2.75, 3.05) is 22.9 Å². The molecule has 0 aromatic heterocycles. The lowest BCUT2D eigenvalue weighted by molar-refractivity contribution is 0.541. The molecule has 0 amide bonds. The number of nitrogens with two attached hydrogens (primary N) is 4. The maximum atomic E-state index is 6.05. The second-order valence-corrected chi connectivity index (χ2v) is 11.9. The molecule has 0 radical (unpaired) electrons. The summed E-state index contributed by atoms with van der Waals surface area (Å²) in [5.74, 6) is 0. The number of benzene rings is 4. The molecule has 4 heteroatoms. The lowest BCUT2D eigenvalue weighted by Crippen LogP contribution is -2.18. The summed E-state index contributed by atoms with van der Waals surface area (Å²) in [4.78, 5) is 0. The Morgan fingerprint density at radius 2 is 0.900 bits per heavy atom. The first-order chi connectivity index (χ1) is 18.9. The summed E-state index contributed by atoms with van der Waals surface area (Å²) in [6.07, 6.45) is 6.36. The maximum Gasteiger partial charge on any atom is 0.0314 e. The van der Waals surface area contributed by atoms with E-state index in [-0.39, 0.29) is 10.8 Å².